The lowest BCUT2D eigenvalue weighted by Gasteiger charge is -2.29. The number of hydrogen-bond acceptors (Lipinski definition) is 6. The summed E-state index contributed by atoms with van der Waals surface area (Å²) in [4.78, 5) is 26.7. The first-order chi connectivity index (χ1) is 14.0. The highest BCUT2D eigenvalue weighted by molar-refractivity contribution is 6.31. The van der Waals surface area contributed by atoms with Crippen molar-refractivity contribution in [3.8, 4) is 0 Å². The highest BCUT2D eigenvalue weighted by Crippen LogP contribution is 2.29. The third kappa shape index (κ3) is 4.14. The number of rotatable bonds is 4. The van der Waals surface area contributed by atoms with Crippen LogP contribution in [0, 0.1) is 6.92 Å². The monoisotopic (exact) mass is 408 g/mol. The Labute approximate surface area is 174 Å². The summed E-state index contributed by atoms with van der Waals surface area (Å²) in [6, 6.07) is 11.7. The summed E-state index contributed by atoms with van der Waals surface area (Å²) in [5.74, 6) is 0.934. The molecular formula is C21H21ClN6O. The molecule has 1 aliphatic rings. The van der Waals surface area contributed by atoms with E-state index in [1.54, 1.807) is 0 Å². The molecule has 0 saturated heterocycles. The van der Waals surface area contributed by atoms with Gasteiger partial charge >= 0.3 is 0 Å². The Balaban J connectivity index is 1.56. The Hall–Kier alpha value is -3.19. The summed E-state index contributed by atoms with van der Waals surface area (Å²) >= 11 is 6.38. The van der Waals surface area contributed by atoms with Crippen LogP contribution >= 0.6 is 11.6 Å². The first-order valence-electron chi connectivity index (χ1n) is 9.36. The van der Waals surface area contributed by atoms with Crippen molar-refractivity contribution in [2.75, 3.05) is 22.1 Å². The summed E-state index contributed by atoms with van der Waals surface area (Å²) in [6.45, 7) is 4.89. The number of benzene rings is 2. The maximum absolute atomic E-state index is 11.4. The maximum atomic E-state index is 11.4. The molecule has 0 atom stereocenters. The number of carbonyl (C=O) groups is 1. The SMILES string of the molecule is CC(=O)Nc1cccc(Nc2ncnc(N3CCc4cccc(Cl)c4C3)n2)c1C. The Morgan fingerprint density at radius 1 is 1.14 bits per heavy atom. The van der Waals surface area contributed by atoms with E-state index in [1.165, 1.54) is 18.8 Å². The molecule has 4 rings (SSSR count). The molecular weight excluding hydrogens is 388 g/mol. The number of nitrogens with zero attached hydrogens (tertiary/aromatic N) is 4. The van der Waals surface area contributed by atoms with Gasteiger partial charge in [-0.05, 0) is 48.2 Å². The van der Waals surface area contributed by atoms with Crippen molar-refractivity contribution in [3.63, 3.8) is 0 Å². The minimum Gasteiger partial charge on any atom is -0.336 e. The quantitative estimate of drug-likeness (QED) is 0.676. The molecule has 0 unspecified atom stereocenters. The van der Waals surface area contributed by atoms with Gasteiger partial charge in [-0.25, -0.2) is 9.97 Å². The number of fused-ring (bicyclic) bond motifs is 1. The van der Waals surface area contributed by atoms with Gasteiger partial charge in [0.25, 0.3) is 0 Å². The summed E-state index contributed by atoms with van der Waals surface area (Å²) in [6.07, 6.45) is 2.39. The molecule has 148 valence electrons. The normalized spacial score (nSPS) is 13.0. The van der Waals surface area contributed by atoms with E-state index in [0.29, 0.717) is 18.4 Å². The van der Waals surface area contributed by atoms with Gasteiger partial charge in [0.2, 0.25) is 17.8 Å². The fourth-order valence-electron chi connectivity index (χ4n) is 3.43. The largest absolute Gasteiger partial charge is 0.336 e. The lowest BCUT2D eigenvalue weighted by molar-refractivity contribution is -0.114. The molecule has 29 heavy (non-hydrogen) atoms. The summed E-state index contributed by atoms with van der Waals surface area (Å²) in [5.41, 5.74) is 4.86. The molecule has 0 radical (unpaired) electrons. The Bertz CT molecular complexity index is 1070. The highest BCUT2D eigenvalue weighted by atomic mass is 35.5. The molecule has 3 aromatic rings. The summed E-state index contributed by atoms with van der Waals surface area (Å²) in [7, 11) is 0. The van der Waals surface area contributed by atoms with Gasteiger partial charge in [-0.1, -0.05) is 29.8 Å². The number of anilines is 4. The van der Waals surface area contributed by atoms with Gasteiger partial charge in [-0.15, -0.1) is 0 Å². The zero-order valence-electron chi connectivity index (χ0n) is 16.2. The number of aromatic nitrogens is 3. The molecule has 1 aliphatic heterocycles. The average molecular weight is 409 g/mol. The minimum atomic E-state index is -0.114. The molecule has 0 aliphatic carbocycles. The number of hydrogen-bond donors (Lipinski definition) is 2. The van der Waals surface area contributed by atoms with Crippen molar-refractivity contribution in [2.24, 2.45) is 0 Å². The van der Waals surface area contributed by atoms with Crippen LogP contribution in [0.5, 0.6) is 0 Å². The van der Waals surface area contributed by atoms with Crippen LogP contribution in [0.15, 0.2) is 42.7 Å². The maximum Gasteiger partial charge on any atom is 0.232 e. The van der Waals surface area contributed by atoms with Crippen LogP contribution in [-0.2, 0) is 17.8 Å². The van der Waals surface area contributed by atoms with Crippen molar-refractivity contribution >= 4 is 40.8 Å². The van der Waals surface area contributed by atoms with Crippen molar-refractivity contribution in [2.45, 2.75) is 26.8 Å². The molecule has 2 aromatic carbocycles. The molecule has 1 amide bonds. The van der Waals surface area contributed by atoms with Crippen molar-refractivity contribution in [3.05, 3.63) is 64.4 Å². The zero-order valence-corrected chi connectivity index (χ0v) is 17.0. The van der Waals surface area contributed by atoms with Crippen molar-refractivity contribution in [1.29, 1.82) is 0 Å². The average Bonchev–Trinajstić information content (AvgIpc) is 2.71. The minimum absolute atomic E-state index is 0.114. The fourth-order valence-corrected chi connectivity index (χ4v) is 3.68. The van der Waals surface area contributed by atoms with Crippen LogP contribution in [0.3, 0.4) is 0 Å². The second-order valence-corrected chi connectivity index (χ2v) is 7.35. The van der Waals surface area contributed by atoms with Gasteiger partial charge in [0.05, 0.1) is 0 Å². The second kappa shape index (κ2) is 8.05. The van der Waals surface area contributed by atoms with Crippen molar-refractivity contribution < 1.29 is 4.79 Å². The molecule has 0 fully saturated rings. The summed E-state index contributed by atoms with van der Waals surface area (Å²) < 4.78 is 0. The molecule has 0 saturated carbocycles. The topological polar surface area (TPSA) is 83.0 Å². The van der Waals surface area contributed by atoms with E-state index in [9.17, 15) is 4.79 Å². The van der Waals surface area contributed by atoms with Crippen LogP contribution in [0.4, 0.5) is 23.3 Å². The number of carbonyl (C=O) groups excluding carboxylic acids is 1. The zero-order chi connectivity index (χ0) is 20.4. The van der Waals surface area contributed by atoms with Gasteiger partial charge in [0, 0.05) is 36.4 Å². The van der Waals surface area contributed by atoms with Crippen LogP contribution in [0.25, 0.3) is 0 Å². The van der Waals surface area contributed by atoms with Crippen LogP contribution in [-0.4, -0.2) is 27.4 Å². The van der Waals surface area contributed by atoms with Gasteiger partial charge < -0.3 is 15.5 Å². The molecule has 0 spiro atoms. The highest BCUT2D eigenvalue weighted by Gasteiger charge is 2.21. The Morgan fingerprint density at radius 2 is 1.93 bits per heavy atom. The third-order valence-corrected chi connectivity index (χ3v) is 5.30. The van der Waals surface area contributed by atoms with Gasteiger partial charge in [0.1, 0.15) is 6.33 Å². The van der Waals surface area contributed by atoms with Crippen LogP contribution < -0.4 is 15.5 Å². The molecule has 2 heterocycles. The number of amides is 1. The first-order valence-corrected chi connectivity index (χ1v) is 9.73. The fraction of sp³-hybridized carbons (Fsp3) is 0.238. The molecule has 2 N–H and O–H groups in total. The third-order valence-electron chi connectivity index (χ3n) is 4.95. The number of nitrogens with one attached hydrogen (secondary N) is 2. The second-order valence-electron chi connectivity index (χ2n) is 6.94. The van der Waals surface area contributed by atoms with E-state index >= 15 is 0 Å². The molecule has 7 nitrogen and oxygen atoms in total. The Kier molecular flexibility index (Phi) is 5.31. The predicted octanol–water partition coefficient (Wildman–Crippen LogP) is 4.10. The molecule has 0 bridgehead atoms. The first kappa shape index (κ1) is 19.1. The van der Waals surface area contributed by atoms with Crippen LogP contribution in [0.1, 0.15) is 23.6 Å². The predicted molar refractivity (Wildman–Crippen MR) is 115 cm³/mol. The standard InChI is InChI=1S/C21H21ClN6O/c1-13-18(25-14(2)29)7-4-8-19(13)26-20-23-12-24-21(27-20)28-10-9-15-5-3-6-17(22)16(15)11-28/h3-8,12H,9-11H2,1-2H3,(H,25,29)(H,23,24,26,27). The molecule has 1 aromatic heterocycles. The van der Waals surface area contributed by atoms with Crippen molar-refractivity contribution in [1.82, 2.24) is 15.0 Å². The van der Waals surface area contributed by atoms with E-state index in [2.05, 4.69) is 36.6 Å². The van der Waals surface area contributed by atoms with Gasteiger partial charge in [-0.3, -0.25) is 4.79 Å². The van der Waals surface area contributed by atoms with Crippen LogP contribution in [0.2, 0.25) is 5.02 Å². The van der Waals surface area contributed by atoms with E-state index in [-0.39, 0.29) is 5.91 Å². The lowest BCUT2D eigenvalue weighted by atomic mass is 10.00. The lowest BCUT2D eigenvalue weighted by Crippen LogP contribution is -2.32. The number of halogens is 1. The van der Waals surface area contributed by atoms with E-state index in [4.69, 9.17) is 11.6 Å². The molecule has 8 heteroatoms. The van der Waals surface area contributed by atoms with Gasteiger partial charge in [0.15, 0.2) is 0 Å². The Morgan fingerprint density at radius 3 is 2.76 bits per heavy atom. The van der Waals surface area contributed by atoms with Gasteiger partial charge in [-0.2, -0.15) is 4.98 Å². The smallest absolute Gasteiger partial charge is 0.232 e. The summed E-state index contributed by atoms with van der Waals surface area (Å²) in [5, 5.41) is 6.82. The van der Waals surface area contributed by atoms with E-state index < -0.39 is 0 Å². The van der Waals surface area contributed by atoms with E-state index in [1.807, 2.05) is 37.3 Å². The van der Waals surface area contributed by atoms with E-state index in [0.717, 1.165) is 40.5 Å².